The predicted octanol–water partition coefficient (Wildman–Crippen LogP) is 0.104. The molecule has 0 saturated carbocycles. The number of hydrogen-bond donors (Lipinski definition) is 2. The maximum Gasteiger partial charge on any atom is 0.233 e. The summed E-state index contributed by atoms with van der Waals surface area (Å²) in [4.78, 5) is 0. The van der Waals surface area contributed by atoms with Crippen LogP contribution in [-0.4, -0.2) is 40.5 Å². The fraction of sp³-hybridized carbons (Fsp3) is 0.636. The maximum atomic E-state index is 10.2. The minimum Gasteiger partial charge on any atom is -0.480 e. The first kappa shape index (κ1) is 12.2. The third-order valence-electron chi connectivity index (χ3n) is 3.11. The summed E-state index contributed by atoms with van der Waals surface area (Å²) in [5.74, 6) is 6.32. The minimum absolute atomic E-state index is 0.122. The lowest BCUT2D eigenvalue weighted by Gasteiger charge is -2.31. The molecule has 2 rings (SSSR count). The first-order valence-corrected chi connectivity index (χ1v) is 5.76. The van der Waals surface area contributed by atoms with Crippen LogP contribution in [0.4, 0.5) is 0 Å². The number of hydrazine groups is 1. The number of aliphatic hydroxyl groups is 1. The van der Waals surface area contributed by atoms with Gasteiger partial charge in [-0.1, -0.05) is 0 Å². The molecule has 1 saturated heterocycles. The van der Waals surface area contributed by atoms with Gasteiger partial charge in [0.05, 0.1) is 12.8 Å². The van der Waals surface area contributed by atoms with E-state index in [-0.39, 0.29) is 5.92 Å². The molecular weight excluding hydrogens is 220 g/mol. The van der Waals surface area contributed by atoms with Crippen LogP contribution in [0.15, 0.2) is 12.1 Å². The number of aromatic nitrogens is 2. The summed E-state index contributed by atoms with van der Waals surface area (Å²) in [6.45, 7) is 1.58. The van der Waals surface area contributed by atoms with E-state index in [4.69, 9.17) is 10.6 Å². The Bertz CT molecular complexity index is 357. The van der Waals surface area contributed by atoms with Gasteiger partial charge in [-0.25, -0.2) is 5.01 Å². The Balaban J connectivity index is 2.04. The van der Waals surface area contributed by atoms with E-state index in [1.54, 1.807) is 17.1 Å². The van der Waals surface area contributed by atoms with Crippen LogP contribution in [0.5, 0.6) is 5.88 Å². The molecule has 2 atom stereocenters. The van der Waals surface area contributed by atoms with Crippen molar-refractivity contribution < 1.29 is 9.84 Å². The number of piperidine rings is 1. The van der Waals surface area contributed by atoms with Crippen molar-refractivity contribution >= 4 is 0 Å². The Morgan fingerprint density at radius 3 is 2.94 bits per heavy atom. The van der Waals surface area contributed by atoms with Gasteiger partial charge in [0, 0.05) is 25.1 Å². The van der Waals surface area contributed by atoms with Crippen molar-refractivity contribution in [2.24, 2.45) is 11.8 Å². The molecule has 2 unspecified atom stereocenters. The average Bonchev–Trinajstić information content (AvgIpc) is 2.38. The molecule has 1 aromatic heterocycles. The fourth-order valence-corrected chi connectivity index (χ4v) is 2.14. The van der Waals surface area contributed by atoms with Crippen LogP contribution < -0.4 is 10.6 Å². The van der Waals surface area contributed by atoms with Gasteiger partial charge in [-0.3, -0.25) is 5.84 Å². The summed E-state index contributed by atoms with van der Waals surface area (Å²) in [6.07, 6.45) is 1.35. The van der Waals surface area contributed by atoms with Crippen LogP contribution >= 0.6 is 0 Å². The minimum atomic E-state index is -0.611. The molecule has 1 aliphatic heterocycles. The normalized spacial score (nSPS) is 23.4. The van der Waals surface area contributed by atoms with Crippen molar-refractivity contribution in [3.63, 3.8) is 0 Å². The van der Waals surface area contributed by atoms with Gasteiger partial charge in [-0.15, -0.1) is 10.2 Å². The van der Waals surface area contributed by atoms with Crippen molar-refractivity contribution in [2.45, 2.75) is 18.9 Å². The van der Waals surface area contributed by atoms with Gasteiger partial charge in [0.25, 0.3) is 0 Å². The van der Waals surface area contributed by atoms with Crippen LogP contribution in [0.2, 0.25) is 0 Å². The Morgan fingerprint density at radius 2 is 2.35 bits per heavy atom. The van der Waals surface area contributed by atoms with Crippen molar-refractivity contribution in [3.8, 4) is 5.88 Å². The standard InChI is InChI=1S/C11H18N4O2/c1-17-10-5-4-9(13-14-10)11(16)8-3-2-6-15(12)7-8/h4-5,8,11,16H,2-3,6-7,12H2,1H3. The van der Waals surface area contributed by atoms with Gasteiger partial charge in [-0.2, -0.15) is 0 Å². The predicted molar refractivity (Wildman–Crippen MR) is 62.0 cm³/mol. The number of methoxy groups -OCH3 is 1. The molecule has 17 heavy (non-hydrogen) atoms. The zero-order valence-electron chi connectivity index (χ0n) is 9.91. The molecule has 0 aliphatic carbocycles. The smallest absolute Gasteiger partial charge is 0.233 e. The molecule has 0 amide bonds. The van der Waals surface area contributed by atoms with Crippen molar-refractivity contribution in [1.29, 1.82) is 0 Å². The number of ether oxygens (including phenoxy) is 1. The van der Waals surface area contributed by atoms with Gasteiger partial charge in [0.2, 0.25) is 5.88 Å². The van der Waals surface area contributed by atoms with Gasteiger partial charge in [0.15, 0.2) is 0 Å². The molecule has 1 aromatic rings. The van der Waals surface area contributed by atoms with Crippen molar-refractivity contribution in [2.75, 3.05) is 20.2 Å². The number of nitrogens with two attached hydrogens (primary N) is 1. The van der Waals surface area contributed by atoms with Gasteiger partial charge in [0.1, 0.15) is 6.10 Å². The van der Waals surface area contributed by atoms with Crippen LogP contribution in [0.3, 0.4) is 0 Å². The second kappa shape index (κ2) is 5.39. The second-order valence-electron chi connectivity index (χ2n) is 4.34. The average molecular weight is 238 g/mol. The molecule has 3 N–H and O–H groups in total. The highest BCUT2D eigenvalue weighted by Crippen LogP contribution is 2.27. The summed E-state index contributed by atoms with van der Waals surface area (Å²) in [5, 5.41) is 19.8. The molecule has 2 heterocycles. The molecule has 0 spiro atoms. The quantitative estimate of drug-likeness (QED) is 0.727. The zero-order valence-corrected chi connectivity index (χ0v) is 9.91. The molecule has 0 bridgehead atoms. The zero-order chi connectivity index (χ0) is 12.3. The van der Waals surface area contributed by atoms with E-state index in [9.17, 15) is 5.11 Å². The number of aliphatic hydroxyl groups excluding tert-OH is 1. The SMILES string of the molecule is COc1ccc(C(O)C2CCCN(N)C2)nn1. The molecular formula is C11H18N4O2. The first-order chi connectivity index (χ1) is 8.20. The summed E-state index contributed by atoms with van der Waals surface area (Å²) < 4.78 is 4.93. The lowest BCUT2D eigenvalue weighted by molar-refractivity contribution is 0.0469. The first-order valence-electron chi connectivity index (χ1n) is 5.76. The van der Waals surface area contributed by atoms with Crippen molar-refractivity contribution in [3.05, 3.63) is 17.8 Å². The van der Waals surface area contributed by atoms with E-state index in [0.29, 0.717) is 18.1 Å². The maximum absolute atomic E-state index is 10.2. The van der Waals surface area contributed by atoms with E-state index in [1.807, 2.05) is 0 Å². The van der Waals surface area contributed by atoms with E-state index in [0.717, 1.165) is 19.4 Å². The van der Waals surface area contributed by atoms with Crippen LogP contribution in [-0.2, 0) is 0 Å². The molecule has 1 aliphatic rings. The van der Waals surface area contributed by atoms with Crippen molar-refractivity contribution in [1.82, 2.24) is 15.2 Å². The summed E-state index contributed by atoms with van der Waals surface area (Å²) in [6, 6.07) is 3.44. The summed E-state index contributed by atoms with van der Waals surface area (Å²) in [7, 11) is 1.54. The Labute approximate surface area is 100 Å². The molecule has 1 fully saturated rings. The third kappa shape index (κ3) is 2.91. The summed E-state index contributed by atoms with van der Waals surface area (Å²) in [5.41, 5.74) is 0.575. The monoisotopic (exact) mass is 238 g/mol. The Hall–Kier alpha value is -1.24. The Morgan fingerprint density at radius 1 is 1.53 bits per heavy atom. The lowest BCUT2D eigenvalue weighted by Crippen LogP contribution is -2.42. The van der Waals surface area contributed by atoms with E-state index in [2.05, 4.69) is 10.2 Å². The van der Waals surface area contributed by atoms with Gasteiger partial charge >= 0.3 is 0 Å². The van der Waals surface area contributed by atoms with E-state index < -0.39 is 6.10 Å². The van der Waals surface area contributed by atoms with E-state index in [1.165, 1.54) is 7.11 Å². The fourth-order valence-electron chi connectivity index (χ4n) is 2.14. The third-order valence-corrected chi connectivity index (χ3v) is 3.11. The largest absolute Gasteiger partial charge is 0.480 e. The second-order valence-corrected chi connectivity index (χ2v) is 4.34. The number of hydrogen-bond acceptors (Lipinski definition) is 6. The number of rotatable bonds is 3. The van der Waals surface area contributed by atoms with Gasteiger partial charge in [-0.05, 0) is 18.9 Å². The molecule has 0 radical (unpaired) electrons. The highest BCUT2D eigenvalue weighted by atomic mass is 16.5. The molecule has 6 nitrogen and oxygen atoms in total. The van der Waals surface area contributed by atoms with Crippen LogP contribution in [0.1, 0.15) is 24.6 Å². The van der Waals surface area contributed by atoms with Gasteiger partial charge < -0.3 is 9.84 Å². The molecule has 94 valence electrons. The van der Waals surface area contributed by atoms with Crippen LogP contribution in [0, 0.1) is 5.92 Å². The highest BCUT2D eigenvalue weighted by molar-refractivity contribution is 5.13. The topological polar surface area (TPSA) is 84.5 Å². The Kier molecular flexibility index (Phi) is 3.88. The highest BCUT2D eigenvalue weighted by Gasteiger charge is 2.26. The number of nitrogens with zero attached hydrogens (tertiary/aromatic N) is 3. The lowest BCUT2D eigenvalue weighted by atomic mass is 9.91. The van der Waals surface area contributed by atoms with E-state index >= 15 is 0 Å². The summed E-state index contributed by atoms with van der Waals surface area (Å²) >= 11 is 0. The molecule has 6 heteroatoms. The molecule has 0 aromatic carbocycles. The van der Waals surface area contributed by atoms with Crippen LogP contribution in [0.25, 0.3) is 0 Å².